The van der Waals surface area contributed by atoms with Crippen LogP contribution in [0.1, 0.15) is 19.8 Å². The first kappa shape index (κ1) is 17.3. The fourth-order valence-corrected chi connectivity index (χ4v) is 3.52. The summed E-state index contributed by atoms with van der Waals surface area (Å²) in [5, 5.41) is 13.9. The molecule has 140 valence electrons. The fraction of sp³-hybridized carbons (Fsp3) is 0.350. The van der Waals surface area contributed by atoms with Gasteiger partial charge in [0.2, 0.25) is 0 Å². The average molecular weight is 366 g/mol. The Bertz CT molecular complexity index is 944. The van der Waals surface area contributed by atoms with Gasteiger partial charge in [-0.25, -0.2) is 9.50 Å². The lowest BCUT2D eigenvalue weighted by Gasteiger charge is -2.31. The van der Waals surface area contributed by atoms with Crippen LogP contribution in [0, 0.1) is 5.92 Å². The minimum Gasteiger partial charge on any atom is -0.494 e. The van der Waals surface area contributed by atoms with Gasteiger partial charge < -0.3 is 14.7 Å². The number of aliphatic carboxylic acids is 1. The Balaban J connectivity index is 1.61. The van der Waals surface area contributed by atoms with Gasteiger partial charge in [0, 0.05) is 31.0 Å². The molecule has 4 rings (SSSR count). The van der Waals surface area contributed by atoms with E-state index in [1.165, 1.54) is 0 Å². The Morgan fingerprint density at radius 2 is 2.00 bits per heavy atom. The molecule has 7 heteroatoms. The Labute approximate surface area is 157 Å². The third-order valence-electron chi connectivity index (χ3n) is 4.97. The van der Waals surface area contributed by atoms with Gasteiger partial charge in [-0.2, -0.15) is 5.10 Å². The highest BCUT2D eigenvalue weighted by Gasteiger charge is 2.26. The Kier molecular flexibility index (Phi) is 4.66. The summed E-state index contributed by atoms with van der Waals surface area (Å²) in [5.74, 6) is 0.730. The molecule has 0 aliphatic carbocycles. The van der Waals surface area contributed by atoms with E-state index in [4.69, 9.17) is 4.74 Å². The highest BCUT2D eigenvalue weighted by molar-refractivity contribution is 5.76. The predicted octanol–water partition coefficient (Wildman–Crippen LogP) is 3.10. The molecule has 1 fully saturated rings. The second-order valence-electron chi connectivity index (χ2n) is 6.67. The molecule has 0 atom stereocenters. The normalized spacial score (nSPS) is 15.2. The number of hydrogen-bond acceptors (Lipinski definition) is 5. The second kappa shape index (κ2) is 7.26. The van der Waals surface area contributed by atoms with Gasteiger partial charge >= 0.3 is 5.97 Å². The predicted molar refractivity (Wildman–Crippen MR) is 102 cm³/mol. The van der Waals surface area contributed by atoms with Crippen LogP contribution in [0.4, 0.5) is 5.82 Å². The molecule has 7 nitrogen and oxygen atoms in total. The number of carboxylic acid groups (broad SMARTS) is 1. The number of carbonyl (C=O) groups is 1. The number of carboxylic acids is 1. The van der Waals surface area contributed by atoms with Crippen LogP contribution in [0.2, 0.25) is 0 Å². The molecule has 0 bridgehead atoms. The van der Waals surface area contributed by atoms with Crippen molar-refractivity contribution in [3.8, 4) is 17.0 Å². The summed E-state index contributed by atoms with van der Waals surface area (Å²) in [7, 11) is 0. The van der Waals surface area contributed by atoms with E-state index in [1.807, 2.05) is 48.0 Å². The molecule has 2 aromatic heterocycles. The van der Waals surface area contributed by atoms with Gasteiger partial charge in [0.05, 0.1) is 18.2 Å². The average Bonchev–Trinajstić information content (AvgIpc) is 3.13. The zero-order chi connectivity index (χ0) is 18.8. The summed E-state index contributed by atoms with van der Waals surface area (Å²) in [6, 6.07) is 9.91. The van der Waals surface area contributed by atoms with Gasteiger partial charge in [-0.1, -0.05) is 0 Å². The highest BCUT2D eigenvalue weighted by atomic mass is 16.5. The van der Waals surface area contributed by atoms with Gasteiger partial charge in [0.1, 0.15) is 11.3 Å². The summed E-state index contributed by atoms with van der Waals surface area (Å²) in [6.07, 6.45) is 4.84. The number of benzene rings is 1. The molecular formula is C20H22N4O3. The number of anilines is 1. The van der Waals surface area contributed by atoms with Gasteiger partial charge in [0.25, 0.3) is 0 Å². The molecule has 0 radical (unpaired) electrons. The SMILES string of the molecule is CCOc1ccc(-c2cc3c(N4CCC(C(=O)O)CC4)nccn3n2)cc1. The van der Waals surface area contributed by atoms with Crippen LogP contribution >= 0.6 is 0 Å². The van der Waals surface area contributed by atoms with Crippen LogP contribution in [0.15, 0.2) is 42.7 Å². The summed E-state index contributed by atoms with van der Waals surface area (Å²) < 4.78 is 7.33. The van der Waals surface area contributed by atoms with Gasteiger partial charge in [-0.15, -0.1) is 0 Å². The van der Waals surface area contributed by atoms with Crippen molar-refractivity contribution in [2.75, 3.05) is 24.6 Å². The molecule has 1 aliphatic rings. The minimum atomic E-state index is -0.706. The molecule has 1 saturated heterocycles. The summed E-state index contributed by atoms with van der Waals surface area (Å²) in [4.78, 5) is 17.9. The Morgan fingerprint density at radius 3 is 2.67 bits per heavy atom. The zero-order valence-electron chi connectivity index (χ0n) is 15.2. The molecule has 3 heterocycles. The van der Waals surface area contributed by atoms with Crippen LogP contribution in [0.5, 0.6) is 5.75 Å². The summed E-state index contributed by atoms with van der Waals surface area (Å²) >= 11 is 0. The molecular weight excluding hydrogens is 344 g/mol. The Morgan fingerprint density at radius 1 is 1.26 bits per heavy atom. The largest absolute Gasteiger partial charge is 0.494 e. The van der Waals surface area contributed by atoms with Gasteiger partial charge in [0.15, 0.2) is 5.82 Å². The van der Waals surface area contributed by atoms with Crippen molar-refractivity contribution in [2.45, 2.75) is 19.8 Å². The lowest BCUT2D eigenvalue weighted by Crippen LogP contribution is -2.37. The number of rotatable bonds is 5. The lowest BCUT2D eigenvalue weighted by molar-refractivity contribution is -0.142. The fourth-order valence-electron chi connectivity index (χ4n) is 3.52. The molecule has 0 spiro atoms. The standard InChI is InChI=1S/C20H22N4O3/c1-2-27-16-5-3-14(4-6-16)17-13-18-19(21-9-12-24(18)22-17)23-10-7-15(8-11-23)20(25)26/h3-6,9,12-13,15H,2,7-8,10-11H2,1H3,(H,25,26). The molecule has 0 unspecified atom stereocenters. The minimum absolute atomic E-state index is 0.259. The smallest absolute Gasteiger partial charge is 0.306 e. The molecule has 3 aromatic rings. The first-order valence-electron chi connectivity index (χ1n) is 9.21. The molecule has 27 heavy (non-hydrogen) atoms. The number of nitrogens with zero attached hydrogens (tertiary/aromatic N) is 4. The van der Waals surface area contributed by atoms with E-state index < -0.39 is 5.97 Å². The quantitative estimate of drug-likeness (QED) is 0.747. The van der Waals surface area contributed by atoms with Crippen molar-refractivity contribution in [3.63, 3.8) is 0 Å². The maximum Gasteiger partial charge on any atom is 0.306 e. The molecule has 1 aromatic carbocycles. The third-order valence-corrected chi connectivity index (χ3v) is 4.97. The number of aromatic nitrogens is 3. The molecule has 1 N–H and O–H groups in total. The zero-order valence-corrected chi connectivity index (χ0v) is 15.2. The first-order chi connectivity index (χ1) is 13.2. The van der Waals surface area contributed by atoms with E-state index in [1.54, 1.807) is 6.20 Å². The number of fused-ring (bicyclic) bond motifs is 1. The topological polar surface area (TPSA) is 80.0 Å². The Hall–Kier alpha value is -3.09. The van der Waals surface area contributed by atoms with E-state index in [-0.39, 0.29) is 5.92 Å². The van der Waals surface area contributed by atoms with Crippen molar-refractivity contribution in [3.05, 3.63) is 42.7 Å². The molecule has 1 aliphatic heterocycles. The third kappa shape index (κ3) is 3.45. The van der Waals surface area contributed by atoms with E-state index >= 15 is 0 Å². The van der Waals surface area contributed by atoms with E-state index in [9.17, 15) is 9.90 Å². The van der Waals surface area contributed by atoms with E-state index in [0.29, 0.717) is 32.5 Å². The van der Waals surface area contributed by atoms with Crippen molar-refractivity contribution in [1.82, 2.24) is 14.6 Å². The molecule has 0 saturated carbocycles. The number of hydrogen-bond donors (Lipinski definition) is 1. The van der Waals surface area contributed by atoms with E-state index in [0.717, 1.165) is 28.3 Å². The molecule has 0 amide bonds. The van der Waals surface area contributed by atoms with Crippen molar-refractivity contribution >= 4 is 17.3 Å². The van der Waals surface area contributed by atoms with Crippen molar-refractivity contribution in [2.24, 2.45) is 5.92 Å². The maximum absolute atomic E-state index is 11.2. The maximum atomic E-state index is 11.2. The van der Waals surface area contributed by atoms with Gasteiger partial charge in [-0.3, -0.25) is 4.79 Å². The number of ether oxygens (including phenoxy) is 1. The summed E-state index contributed by atoms with van der Waals surface area (Å²) in [5.41, 5.74) is 2.81. The summed E-state index contributed by atoms with van der Waals surface area (Å²) in [6.45, 7) is 3.98. The van der Waals surface area contributed by atoms with E-state index in [2.05, 4.69) is 15.0 Å². The van der Waals surface area contributed by atoms with Crippen LogP contribution in [-0.4, -0.2) is 45.4 Å². The van der Waals surface area contributed by atoms with Crippen LogP contribution in [-0.2, 0) is 4.79 Å². The number of piperidine rings is 1. The highest BCUT2D eigenvalue weighted by Crippen LogP contribution is 2.29. The van der Waals surface area contributed by atoms with Gasteiger partial charge in [-0.05, 0) is 50.1 Å². The first-order valence-corrected chi connectivity index (χ1v) is 9.21. The lowest BCUT2D eigenvalue weighted by atomic mass is 9.97. The van der Waals surface area contributed by atoms with Crippen LogP contribution in [0.25, 0.3) is 16.8 Å². The monoisotopic (exact) mass is 366 g/mol. The van der Waals surface area contributed by atoms with Crippen LogP contribution in [0.3, 0.4) is 0 Å². The van der Waals surface area contributed by atoms with Crippen molar-refractivity contribution < 1.29 is 14.6 Å². The second-order valence-corrected chi connectivity index (χ2v) is 6.67. The van der Waals surface area contributed by atoms with Crippen LogP contribution < -0.4 is 9.64 Å². The van der Waals surface area contributed by atoms with Crippen molar-refractivity contribution in [1.29, 1.82) is 0 Å².